The second-order valence-electron chi connectivity index (χ2n) is 3.98. The number of ether oxygens (including phenoxy) is 1. The van der Waals surface area contributed by atoms with Gasteiger partial charge in [0.15, 0.2) is 0 Å². The quantitative estimate of drug-likeness (QED) is 0.687. The average Bonchev–Trinajstić information content (AvgIpc) is 2.09. The molecule has 3 nitrogen and oxygen atoms in total. The van der Waals surface area contributed by atoms with Gasteiger partial charge in [0.05, 0.1) is 12.7 Å². The summed E-state index contributed by atoms with van der Waals surface area (Å²) in [6.07, 6.45) is 4.27. The topological polar surface area (TPSA) is 41.5 Å². The summed E-state index contributed by atoms with van der Waals surface area (Å²) < 4.78 is 5.04. The molecule has 0 amide bonds. The van der Waals surface area contributed by atoms with Gasteiger partial charge in [-0.2, -0.15) is 0 Å². The summed E-state index contributed by atoms with van der Waals surface area (Å²) in [7, 11) is 1.70. The molecule has 1 aliphatic rings. The maximum atomic E-state index is 9.68. The fourth-order valence-corrected chi connectivity index (χ4v) is 1.97. The van der Waals surface area contributed by atoms with Gasteiger partial charge in [-0.05, 0) is 19.8 Å². The van der Waals surface area contributed by atoms with E-state index < -0.39 is 0 Å². The smallest absolute Gasteiger partial charge is 0.0693 e. The lowest BCUT2D eigenvalue weighted by Gasteiger charge is -2.30. The summed E-state index contributed by atoms with van der Waals surface area (Å²) in [5, 5.41) is 13.1. The van der Waals surface area contributed by atoms with Gasteiger partial charge in [0.1, 0.15) is 0 Å². The van der Waals surface area contributed by atoms with E-state index in [2.05, 4.69) is 12.2 Å². The maximum absolute atomic E-state index is 9.68. The third-order valence-electron chi connectivity index (χ3n) is 2.64. The highest BCUT2D eigenvalue weighted by molar-refractivity contribution is 4.82. The second kappa shape index (κ2) is 5.58. The number of hydrogen-bond acceptors (Lipinski definition) is 3. The number of hydrogen-bond donors (Lipinski definition) is 2. The summed E-state index contributed by atoms with van der Waals surface area (Å²) >= 11 is 0. The Morgan fingerprint density at radius 3 is 2.77 bits per heavy atom. The highest BCUT2D eigenvalue weighted by atomic mass is 16.5. The Bertz CT molecular complexity index is 141. The van der Waals surface area contributed by atoms with Crippen molar-refractivity contribution in [2.24, 2.45) is 0 Å². The first-order valence-electron chi connectivity index (χ1n) is 5.17. The Balaban J connectivity index is 2.25. The van der Waals surface area contributed by atoms with E-state index in [0.29, 0.717) is 12.6 Å². The molecule has 0 heterocycles. The summed E-state index contributed by atoms with van der Waals surface area (Å²) in [4.78, 5) is 0. The predicted octanol–water partition coefficient (Wildman–Crippen LogP) is 0.914. The summed E-state index contributed by atoms with van der Waals surface area (Å²) in [6, 6.07) is 0.613. The molecule has 0 saturated heterocycles. The van der Waals surface area contributed by atoms with Gasteiger partial charge in [0.2, 0.25) is 0 Å². The lowest BCUT2D eigenvalue weighted by atomic mass is 9.92. The first-order valence-corrected chi connectivity index (χ1v) is 5.17. The van der Waals surface area contributed by atoms with E-state index in [4.69, 9.17) is 4.74 Å². The molecule has 13 heavy (non-hydrogen) atoms. The molecule has 0 aromatic rings. The first kappa shape index (κ1) is 11.0. The third-order valence-corrected chi connectivity index (χ3v) is 2.64. The molecule has 1 aliphatic carbocycles. The van der Waals surface area contributed by atoms with Crippen molar-refractivity contribution in [3.63, 3.8) is 0 Å². The zero-order chi connectivity index (χ0) is 9.68. The number of aliphatic hydroxyl groups excluding tert-OH is 1. The molecule has 0 aliphatic heterocycles. The van der Waals surface area contributed by atoms with Crippen LogP contribution in [0, 0.1) is 0 Å². The molecule has 0 radical (unpaired) electrons. The van der Waals surface area contributed by atoms with Crippen LogP contribution in [0.5, 0.6) is 0 Å². The molecular weight excluding hydrogens is 166 g/mol. The molecule has 1 saturated carbocycles. The van der Waals surface area contributed by atoms with Gasteiger partial charge >= 0.3 is 0 Å². The van der Waals surface area contributed by atoms with Crippen LogP contribution >= 0.6 is 0 Å². The van der Waals surface area contributed by atoms with Crippen LogP contribution < -0.4 is 5.32 Å². The zero-order valence-electron chi connectivity index (χ0n) is 8.62. The minimum Gasteiger partial charge on any atom is -0.392 e. The highest BCUT2D eigenvalue weighted by Crippen LogP contribution is 2.18. The van der Waals surface area contributed by atoms with Crippen molar-refractivity contribution in [2.45, 2.75) is 50.8 Å². The lowest BCUT2D eigenvalue weighted by molar-refractivity contribution is 0.0755. The largest absolute Gasteiger partial charge is 0.392 e. The van der Waals surface area contributed by atoms with Crippen molar-refractivity contribution in [3.8, 4) is 0 Å². The second-order valence-corrected chi connectivity index (χ2v) is 3.98. The molecule has 1 rings (SSSR count). The van der Waals surface area contributed by atoms with Gasteiger partial charge in [0, 0.05) is 19.2 Å². The Morgan fingerprint density at radius 1 is 1.46 bits per heavy atom. The molecule has 0 bridgehead atoms. The molecule has 1 fully saturated rings. The number of nitrogens with one attached hydrogen (secondary N) is 1. The summed E-state index contributed by atoms with van der Waals surface area (Å²) in [5.41, 5.74) is 0. The van der Waals surface area contributed by atoms with Gasteiger partial charge in [-0.1, -0.05) is 12.8 Å². The molecular formula is C10H21NO2. The van der Waals surface area contributed by atoms with E-state index in [-0.39, 0.29) is 12.1 Å². The van der Waals surface area contributed by atoms with Gasteiger partial charge in [-0.3, -0.25) is 0 Å². The molecule has 3 atom stereocenters. The highest BCUT2D eigenvalue weighted by Gasteiger charge is 2.23. The van der Waals surface area contributed by atoms with Gasteiger partial charge < -0.3 is 15.2 Å². The van der Waals surface area contributed by atoms with Crippen molar-refractivity contribution in [1.29, 1.82) is 0 Å². The van der Waals surface area contributed by atoms with Crippen LogP contribution in [0.15, 0.2) is 0 Å². The van der Waals surface area contributed by atoms with Crippen LogP contribution in [0.25, 0.3) is 0 Å². The van der Waals surface area contributed by atoms with Crippen LogP contribution in [0.2, 0.25) is 0 Å². The number of aliphatic hydroxyl groups is 1. The Morgan fingerprint density at radius 2 is 2.15 bits per heavy atom. The molecule has 0 aromatic heterocycles. The van der Waals surface area contributed by atoms with E-state index in [9.17, 15) is 5.11 Å². The van der Waals surface area contributed by atoms with Gasteiger partial charge in [-0.15, -0.1) is 0 Å². The minimum atomic E-state index is -0.159. The van der Waals surface area contributed by atoms with Crippen LogP contribution in [-0.2, 0) is 4.74 Å². The zero-order valence-corrected chi connectivity index (χ0v) is 8.62. The predicted molar refractivity (Wildman–Crippen MR) is 52.7 cm³/mol. The molecule has 0 aromatic carbocycles. The van der Waals surface area contributed by atoms with E-state index in [0.717, 1.165) is 19.3 Å². The van der Waals surface area contributed by atoms with Crippen LogP contribution in [0.4, 0.5) is 0 Å². The minimum absolute atomic E-state index is 0.159. The first-order chi connectivity index (χ1) is 6.24. The fraction of sp³-hybridized carbons (Fsp3) is 1.00. The SMILES string of the molecule is COCC(C)N[C@@H]1CCCC[C@H]1O. The van der Waals surface area contributed by atoms with Crippen molar-refractivity contribution in [2.75, 3.05) is 13.7 Å². The number of methoxy groups -OCH3 is 1. The molecule has 0 spiro atoms. The van der Waals surface area contributed by atoms with Crippen molar-refractivity contribution >= 4 is 0 Å². The lowest BCUT2D eigenvalue weighted by Crippen LogP contribution is -2.47. The molecule has 3 heteroatoms. The van der Waals surface area contributed by atoms with E-state index in [1.807, 2.05) is 0 Å². The molecule has 1 unspecified atom stereocenters. The van der Waals surface area contributed by atoms with Crippen LogP contribution in [0.3, 0.4) is 0 Å². The summed E-state index contributed by atoms with van der Waals surface area (Å²) in [5.74, 6) is 0. The Labute approximate surface area is 80.5 Å². The van der Waals surface area contributed by atoms with Crippen molar-refractivity contribution in [3.05, 3.63) is 0 Å². The molecule has 2 N–H and O–H groups in total. The normalized spacial score (nSPS) is 31.6. The Kier molecular flexibility index (Phi) is 4.70. The fourth-order valence-electron chi connectivity index (χ4n) is 1.97. The standard InChI is InChI=1S/C10H21NO2/c1-8(7-13-2)11-9-5-3-4-6-10(9)12/h8-12H,3-7H2,1-2H3/t8?,9-,10-/m1/s1. The Hall–Kier alpha value is -0.120. The monoisotopic (exact) mass is 187 g/mol. The van der Waals surface area contributed by atoms with E-state index >= 15 is 0 Å². The third kappa shape index (κ3) is 3.63. The van der Waals surface area contributed by atoms with Crippen molar-refractivity contribution in [1.82, 2.24) is 5.32 Å². The maximum Gasteiger partial charge on any atom is 0.0693 e. The summed E-state index contributed by atoms with van der Waals surface area (Å²) in [6.45, 7) is 2.80. The van der Waals surface area contributed by atoms with E-state index in [1.165, 1.54) is 6.42 Å². The average molecular weight is 187 g/mol. The van der Waals surface area contributed by atoms with Gasteiger partial charge in [-0.25, -0.2) is 0 Å². The van der Waals surface area contributed by atoms with Crippen LogP contribution in [-0.4, -0.2) is 37.0 Å². The number of rotatable bonds is 4. The van der Waals surface area contributed by atoms with Crippen molar-refractivity contribution < 1.29 is 9.84 Å². The molecule has 78 valence electrons. The van der Waals surface area contributed by atoms with Gasteiger partial charge in [0.25, 0.3) is 0 Å². The van der Waals surface area contributed by atoms with Crippen LogP contribution in [0.1, 0.15) is 32.6 Å². The van der Waals surface area contributed by atoms with E-state index in [1.54, 1.807) is 7.11 Å².